The quantitative estimate of drug-likeness (QED) is 0.822. The molecule has 0 aliphatic rings. The Hall–Kier alpha value is -1.89. The number of halogens is 1. The van der Waals surface area contributed by atoms with Crippen LogP contribution in [0.5, 0.6) is 0 Å². The summed E-state index contributed by atoms with van der Waals surface area (Å²) in [5.41, 5.74) is 0.837. The van der Waals surface area contributed by atoms with Crippen molar-refractivity contribution in [3.8, 4) is 6.07 Å². The summed E-state index contributed by atoms with van der Waals surface area (Å²) in [4.78, 5) is 13.8. The van der Waals surface area contributed by atoms with E-state index < -0.39 is 0 Å². The molecule has 1 amide bonds. The Bertz CT molecular complexity index is 477. The van der Waals surface area contributed by atoms with Gasteiger partial charge in [0.15, 0.2) is 0 Å². The summed E-state index contributed by atoms with van der Waals surface area (Å²) in [6.07, 6.45) is 0.276. The van der Waals surface area contributed by atoms with E-state index in [2.05, 4.69) is 0 Å². The zero-order chi connectivity index (χ0) is 13.7. The molecule has 0 aliphatic heterocycles. The minimum Gasteiger partial charge on any atom is -0.335 e. The van der Waals surface area contributed by atoms with Gasteiger partial charge in [0.2, 0.25) is 0 Å². The summed E-state index contributed by atoms with van der Waals surface area (Å²) in [6.45, 7) is 5.77. The van der Waals surface area contributed by atoms with E-state index in [-0.39, 0.29) is 24.2 Å². The molecule has 0 radical (unpaired) electrons. The maximum atomic E-state index is 13.4. The van der Waals surface area contributed by atoms with E-state index in [4.69, 9.17) is 5.26 Å². The number of carbonyl (C=O) groups excluding carboxylic acids is 1. The van der Waals surface area contributed by atoms with Crippen LogP contribution in [0.4, 0.5) is 4.39 Å². The Morgan fingerprint density at radius 1 is 1.50 bits per heavy atom. The zero-order valence-corrected chi connectivity index (χ0v) is 10.9. The van der Waals surface area contributed by atoms with Crippen molar-refractivity contribution < 1.29 is 9.18 Å². The van der Waals surface area contributed by atoms with E-state index in [1.807, 2.05) is 19.9 Å². The maximum absolute atomic E-state index is 13.4. The van der Waals surface area contributed by atoms with Crippen LogP contribution in [0.3, 0.4) is 0 Å². The number of nitriles is 1. The van der Waals surface area contributed by atoms with E-state index in [0.717, 1.165) is 0 Å². The lowest BCUT2D eigenvalue weighted by Crippen LogP contribution is -2.37. The lowest BCUT2D eigenvalue weighted by atomic mass is 10.1. The summed E-state index contributed by atoms with van der Waals surface area (Å²) < 4.78 is 13.4. The van der Waals surface area contributed by atoms with Crippen LogP contribution in [0.2, 0.25) is 0 Å². The average molecular weight is 248 g/mol. The SMILES string of the molecule is Cc1ccc(C(=O)N(CCC#N)C(C)C)cc1F. The fraction of sp³-hybridized carbons (Fsp3) is 0.429. The summed E-state index contributed by atoms with van der Waals surface area (Å²) >= 11 is 0. The highest BCUT2D eigenvalue weighted by Gasteiger charge is 2.19. The summed E-state index contributed by atoms with van der Waals surface area (Å²) in [5, 5.41) is 8.58. The van der Waals surface area contributed by atoms with Gasteiger partial charge in [-0.15, -0.1) is 0 Å². The Morgan fingerprint density at radius 2 is 2.17 bits per heavy atom. The monoisotopic (exact) mass is 248 g/mol. The topological polar surface area (TPSA) is 44.1 Å². The minimum absolute atomic E-state index is 0.0183. The second-order valence-corrected chi connectivity index (χ2v) is 4.46. The van der Waals surface area contributed by atoms with Crippen LogP contribution in [0.1, 0.15) is 36.2 Å². The number of nitrogens with zero attached hydrogens (tertiary/aromatic N) is 2. The second kappa shape index (κ2) is 6.15. The molecule has 18 heavy (non-hydrogen) atoms. The van der Waals surface area contributed by atoms with Crippen LogP contribution in [-0.4, -0.2) is 23.4 Å². The predicted octanol–water partition coefficient (Wildman–Crippen LogP) is 2.90. The average Bonchev–Trinajstić information content (AvgIpc) is 2.32. The first-order valence-corrected chi connectivity index (χ1v) is 5.91. The normalized spacial score (nSPS) is 10.2. The molecule has 0 atom stereocenters. The molecule has 0 N–H and O–H groups in total. The highest BCUT2D eigenvalue weighted by Crippen LogP contribution is 2.13. The van der Waals surface area contributed by atoms with E-state index in [9.17, 15) is 9.18 Å². The molecule has 0 fully saturated rings. The molecule has 0 aliphatic carbocycles. The molecule has 0 saturated heterocycles. The zero-order valence-electron chi connectivity index (χ0n) is 10.9. The number of hydrogen-bond acceptors (Lipinski definition) is 2. The molecular weight excluding hydrogens is 231 g/mol. The molecule has 0 spiro atoms. The van der Waals surface area contributed by atoms with Crippen LogP contribution < -0.4 is 0 Å². The number of aryl methyl sites for hydroxylation is 1. The van der Waals surface area contributed by atoms with Gasteiger partial charge in [0.1, 0.15) is 5.82 Å². The molecule has 1 rings (SSSR count). The van der Waals surface area contributed by atoms with E-state index >= 15 is 0 Å². The Morgan fingerprint density at radius 3 is 2.67 bits per heavy atom. The number of carbonyl (C=O) groups is 1. The number of amides is 1. The fourth-order valence-corrected chi connectivity index (χ4v) is 1.66. The molecule has 4 heteroatoms. The van der Waals surface area contributed by atoms with Crippen molar-refractivity contribution in [1.29, 1.82) is 5.26 Å². The van der Waals surface area contributed by atoms with Crippen LogP contribution >= 0.6 is 0 Å². The van der Waals surface area contributed by atoms with E-state index in [1.165, 1.54) is 6.07 Å². The highest BCUT2D eigenvalue weighted by atomic mass is 19.1. The van der Waals surface area contributed by atoms with Crippen LogP contribution in [0, 0.1) is 24.1 Å². The third-order valence-electron chi connectivity index (χ3n) is 2.77. The van der Waals surface area contributed by atoms with Crippen molar-refractivity contribution in [3.05, 3.63) is 35.1 Å². The smallest absolute Gasteiger partial charge is 0.254 e. The van der Waals surface area contributed by atoms with E-state index in [0.29, 0.717) is 17.7 Å². The Labute approximate surface area is 107 Å². The molecule has 0 unspecified atom stereocenters. The first-order valence-electron chi connectivity index (χ1n) is 5.91. The van der Waals surface area contributed by atoms with Crippen molar-refractivity contribution in [2.75, 3.05) is 6.54 Å². The van der Waals surface area contributed by atoms with Crippen LogP contribution in [0.15, 0.2) is 18.2 Å². The molecule has 0 bridgehead atoms. The molecule has 0 aromatic heterocycles. The minimum atomic E-state index is -0.384. The Kier molecular flexibility index (Phi) is 4.85. The third-order valence-corrected chi connectivity index (χ3v) is 2.77. The fourth-order valence-electron chi connectivity index (χ4n) is 1.66. The first-order chi connectivity index (χ1) is 8.47. The third kappa shape index (κ3) is 3.30. The lowest BCUT2D eigenvalue weighted by molar-refractivity contribution is 0.0709. The first kappa shape index (κ1) is 14.2. The van der Waals surface area contributed by atoms with Gasteiger partial charge in [-0.05, 0) is 38.5 Å². The number of rotatable bonds is 4. The molecule has 1 aromatic rings. The van der Waals surface area contributed by atoms with Gasteiger partial charge in [0, 0.05) is 18.2 Å². The number of hydrogen-bond donors (Lipinski definition) is 0. The Balaban J connectivity index is 2.95. The van der Waals surface area contributed by atoms with Gasteiger partial charge in [0.05, 0.1) is 12.5 Å². The summed E-state index contributed by atoms with van der Waals surface area (Å²) in [5.74, 6) is -0.621. The standard InChI is InChI=1S/C14H17FN2O/c1-10(2)17(8-4-7-16)14(18)12-6-5-11(3)13(15)9-12/h5-6,9-10H,4,8H2,1-3H3. The van der Waals surface area contributed by atoms with Crippen molar-refractivity contribution in [2.24, 2.45) is 0 Å². The van der Waals surface area contributed by atoms with Crippen molar-refractivity contribution in [2.45, 2.75) is 33.2 Å². The maximum Gasteiger partial charge on any atom is 0.254 e. The predicted molar refractivity (Wildman–Crippen MR) is 67.5 cm³/mol. The summed E-state index contributed by atoms with van der Waals surface area (Å²) in [7, 11) is 0. The molecule has 0 saturated carbocycles. The van der Waals surface area contributed by atoms with Gasteiger partial charge in [-0.2, -0.15) is 5.26 Å². The van der Waals surface area contributed by atoms with Gasteiger partial charge in [-0.3, -0.25) is 4.79 Å². The molecule has 3 nitrogen and oxygen atoms in total. The van der Waals surface area contributed by atoms with Gasteiger partial charge in [-0.1, -0.05) is 6.07 Å². The molecule has 1 aromatic carbocycles. The number of benzene rings is 1. The van der Waals surface area contributed by atoms with Crippen molar-refractivity contribution in [3.63, 3.8) is 0 Å². The summed E-state index contributed by atoms with van der Waals surface area (Å²) in [6, 6.07) is 6.45. The van der Waals surface area contributed by atoms with Crippen LogP contribution in [-0.2, 0) is 0 Å². The van der Waals surface area contributed by atoms with Gasteiger partial charge >= 0.3 is 0 Å². The highest BCUT2D eigenvalue weighted by molar-refractivity contribution is 5.94. The van der Waals surface area contributed by atoms with Crippen molar-refractivity contribution in [1.82, 2.24) is 4.90 Å². The second-order valence-electron chi connectivity index (χ2n) is 4.46. The van der Waals surface area contributed by atoms with Crippen LogP contribution in [0.25, 0.3) is 0 Å². The van der Waals surface area contributed by atoms with E-state index in [1.54, 1.807) is 24.0 Å². The lowest BCUT2D eigenvalue weighted by Gasteiger charge is -2.26. The van der Waals surface area contributed by atoms with Crippen molar-refractivity contribution >= 4 is 5.91 Å². The molecule has 96 valence electrons. The van der Waals surface area contributed by atoms with Gasteiger partial charge in [0.25, 0.3) is 5.91 Å². The van der Waals surface area contributed by atoms with Gasteiger partial charge < -0.3 is 4.90 Å². The molecule has 0 heterocycles. The molecular formula is C14H17FN2O. The van der Waals surface area contributed by atoms with Gasteiger partial charge in [-0.25, -0.2) is 4.39 Å². The largest absolute Gasteiger partial charge is 0.335 e.